The van der Waals surface area contributed by atoms with Crippen molar-refractivity contribution in [3.05, 3.63) is 0 Å². The molecule has 0 atom stereocenters. The first-order valence-corrected chi connectivity index (χ1v) is 7.82. The summed E-state index contributed by atoms with van der Waals surface area (Å²) in [6, 6.07) is 0.446. The molecule has 0 aromatic heterocycles. The van der Waals surface area contributed by atoms with Crippen molar-refractivity contribution in [3.63, 3.8) is 0 Å². The molecule has 1 fully saturated rings. The third kappa shape index (κ3) is 7.70. The average Bonchev–Trinajstić information content (AvgIpc) is 2.32. The minimum Gasteiger partial charge on any atom is -0.353 e. The van der Waals surface area contributed by atoms with Gasteiger partial charge in [-0.1, -0.05) is 44.9 Å². The van der Waals surface area contributed by atoms with Crippen LogP contribution in [-0.2, 0) is 4.79 Å². The van der Waals surface area contributed by atoms with Gasteiger partial charge in [-0.05, 0) is 32.2 Å². The van der Waals surface area contributed by atoms with Crippen molar-refractivity contribution < 1.29 is 4.79 Å². The highest BCUT2D eigenvalue weighted by atomic mass is 16.1. The smallest absolute Gasteiger partial charge is 0.220 e. The van der Waals surface area contributed by atoms with E-state index in [1.54, 1.807) is 0 Å². The number of nitrogens with two attached hydrogens (primary N) is 1. The van der Waals surface area contributed by atoms with E-state index in [-0.39, 0.29) is 5.91 Å². The molecule has 0 saturated heterocycles. The maximum Gasteiger partial charge on any atom is 0.220 e. The first-order chi connectivity index (χ1) is 8.83. The fourth-order valence-corrected chi connectivity index (χ4v) is 2.68. The van der Waals surface area contributed by atoms with E-state index in [2.05, 4.69) is 5.32 Å². The van der Waals surface area contributed by atoms with Crippen LogP contribution in [0.3, 0.4) is 0 Å². The summed E-state index contributed by atoms with van der Waals surface area (Å²) in [6.07, 6.45) is 14.1. The third-order valence-corrected chi connectivity index (χ3v) is 3.83. The fraction of sp³-hybridized carbons (Fsp3) is 0.933. The molecule has 1 rings (SSSR count). The van der Waals surface area contributed by atoms with Gasteiger partial charge in [0, 0.05) is 12.5 Å². The van der Waals surface area contributed by atoms with E-state index in [4.69, 9.17) is 5.73 Å². The molecule has 3 N–H and O–H groups in total. The van der Waals surface area contributed by atoms with Crippen LogP contribution in [0, 0.1) is 0 Å². The largest absolute Gasteiger partial charge is 0.353 e. The van der Waals surface area contributed by atoms with Gasteiger partial charge in [-0.25, -0.2) is 0 Å². The van der Waals surface area contributed by atoms with Crippen LogP contribution in [0.25, 0.3) is 0 Å². The first kappa shape index (κ1) is 15.5. The Hall–Kier alpha value is -0.570. The predicted octanol–water partition coefficient (Wildman–Crippen LogP) is 3.12. The predicted molar refractivity (Wildman–Crippen MR) is 76.4 cm³/mol. The molecule has 0 spiro atoms. The minimum absolute atomic E-state index is 0.258. The van der Waals surface area contributed by atoms with Crippen LogP contribution >= 0.6 is 0 Å². The zero-order valence-corrected chi connectivity index (χ0v) is 11.8. The van der Waals surface area contributed by atoms with E-state index in [0.717, 1.165) is 32.2 Å². The van der Waals surface area contributed by atoms with Crippen molar-refractivity contribution >= 4 is 5.91 Å². The molecule has 1 saturated carbocycles. The summed E-state index contributed by atoms with van der Waals surface area (Å²) >= 11 is 0. The van der Waals surface area contributed by atoms with Gasteiger partial charge in [-0.3, -0.25) is 4.79 Å². The number of rotatable bonds is 7. The van der Waals surface area contributed by atoms with Crippen molar-refractivity contribution in [2.75, 3.05) is 6.54 Å². The molecule has 0 heterocycles. The summed E-state index contributed by atoms with van der Waals surface area (Å²) in [6.45, 7) is 0.772. The van der Waals surface area contributed by atoms with Crippen LogP contribution in [0.2, 0.25) is 0 Å². The second-order valence-corrected chi connectivity index (χ2v) is 5.56. The van der Waals surface area contributed by atoms with Gasteiger partial charge in [0.05, 0.1) is 0 Å². The number of amides is 1. The van der Waals surface area contributed by atoms with Crippen LogP contribution in [0.5, 0.6) is 0 Å². The molecular formula is C15H30N2O. The van der Waals surface area contributed by atoms with Gasteiger partial charge in [0.25, 0.3) is 0 Å². The van der Waals surface area contributed by atoms with Crippen LogP contribution in [0.1, 0.15) is 77.0 Å². The average molecular weight is 254 g/mol. The van der Waals surface area contributed by atoms with E-state index in [0.29, 0.717) is 12.5 Å². The summed E-state index contributed by atoms with van der Waals surface area (Å²) in [5.41, 5.74) is 5.44. The molecule has 3 heteroatoms. The van der Waals surface area contributed by atoms with Crippen molar-refractivity contribution in [2.24, 2.45) is 5.73 Å². The highest BCUT2D eigenvalue weighted by Crippen LogP contribution is 2.17. The molecule has 106 valence electrons. The molecule has 0 bridgehead atoms. The quantitative estimate of drug-likeness (QED) is 0.686. The Morgan fingerprint density at radius 2 is 1.56 bits per heavy atom. The van der Waals surface area contributed by atoms with Gasteiger partial charge >= 0.3 is 0 Å². The van der Waals surface area contributed by atoms with Gasteiger partial charge in [0.2, 0.25) is 5.91 Å². The zero-order valence-electron chi connectivity index (χ0n) is 11.8. The van der Waals surface area contributed by atoms with Gasteiger partial charge in [0.1, 0.15) is 0 Å². The minimum atomic E-state index is 0.258. The molecule has 0 aromatic carbocycles. The number of unbranched alkanes of at least 4 members (excludes halogenated alkanes) is 3. The SMILES string of the molecule is NCCCCCCC(=O)NC1CCCCCCC1. The Bertz CT molecular complexity index is 211. The summed E-state index contributed by atoms with van der Waals surface area (Å²) in [7, 11) is 0. The normalized spacial score (nSPS) is 18.1. The highest BCUT2D eigenvalue weighted by Gasteiger charge is 2.13. The van der Waals surface area contributed by atoms with Crippen molar-refractivity contribution in [3.8, 4) is 0 Å². The summed E-state index contributed by atoms with van der Waals surface area (Å²) in [4.78, 5) is 11.8. The number of nitrogens with one attached hydrogen (secondary N) is 1. The van der Waals surface area contributed by atoms with Crippen LogP contribution < -0.4 is 11.1 Å². The second-order valence-electron chi connectivity index (χ2n) is 5.56. The van der Waals surface area contributed by atoms with E-state index in [9.17, 15) is 4.79 Å². The monoisotopic (exact) mass is 254 g/mol. The Morgan fingerprint density at radius 3 is 2.22 bits per heavy atom. The zero-order chi connectivity index (χ0) is 13.1. The van der Waals surface area contributed by atoms with Crippen LogP contribution in [0.15, 0.2) is 0 Å². The fourth-order valence-electron chi connectivity index (χ4n) is 2.68. The lowest BCUT2D eigenvalue weighted by Gasteiger charge is -2.21. The lowest BCUT2D eigenvalue weighted by molar-refractivity contribution is -0.122. The molecule has 0 unspecified atom stereocenters. The standard InChI is InChI=1S/C15H30N2O/c16-13-9-5-4-8-12-15(18)17-14-10-6-2-1-3-7-11-14/h14H,1-13,16H2,(H,17,18). The van der Waals surface area contributed by atoms with Gasteiger partial charge in [-0.15, -0.1) is 0 Å². The molecule has 3 nitrogen and oxygen atoms in total. The number of carbonyl (C=O) groups is 1. The van der Waals surface area contributed by atoms with Crippen molar-refractivity contribution in [1.82, 2.24) is 5.32 Å². The number of hydrogen-bond donors (Lipinski definition) is 2. The summed E-state index contributed by atoms with van der Waals surface area (Å²) < 4.78 is 0. The number of carbonyl (C=O) groups excluding carboxylic acids is 1. The van der Waals surface area contributed by atoms with E-state index < -0.39 is 0 Å². The topological polar surface area (TPSA) is 55.1 Å². The summed E-state index contributed by atoms with van der Waals surface area (Å²) in [5.74, 6) is 0.258. The highest BCUT2D eigenvalue weighted by molar-refractivity contribution is 5.76. The maximum absolute atomic E-state index is 11.8. The van der Waals surface area contributed by atoms with E-state index in [1.165, 1.54) is 44.9 Å². The molecule has 1 aliphatic carbocycles. The Kier molecular flexibility index (Phi) is 8.92. The Labute approximate surface area is 112 Å². The van der Waals surface area contributed by atoms with E-state index in [1.807, 2.05) is 0 Å². The summed E-state index contributed by atoms with van der Waals surface area (Å²) in [5, 5.41) is 3.21. The second kappa shape index (κ2) is 10.4. The number of hydrogen-bond acceptors (Lipinski definition) is 2. The van der Waals surface area contributed by atoms with E-state index >= 15 is 0 Å². The lowest BCUT2D eigenvalue weighted by Crippen LogP contribution is -2.35. The Morgan fingerprint density at radius 1 is 0.944 bits per heavy atom. The third-order valence-electron chi connectivity index (χ3n) is 3.83. The van der Waals surface area contributed by atoms with Gasteiger partial charge in [0.15, 0.2) is 0 Å². The first-order valence-electron chi connectivity index (χ1n) is 7.82. The van der Waals surface area contributed by atoms with Crippen molar-refractivity contribution in [2.45, 2.75) is 83.1 Å². The molecule has 1 aliphatic rings. The molecule has 18 heavy (non-hydrogen) atoms. The van der Waals surface area contributed by atoms with Gasteiger partial charge in [-0.2, -0.15) is 0 Å². The lowest BCUT2D eigenvalue weighted by atomic mass is 9.96. The molecule has 1 amide bonds. The van der Waals surface area contributed by atoms with Crippen LogP contribution in [0.4, 0.5) is 0 Å². The molecule has 0 aromatic rings. The Balaban J connectivity index is 2.06. The van der Waals surface area contributed by atoms with Gasteiger partial charge < -0.3 is 11.1 Å². The molecule has 0 radical (unpaired) electrons. The van der Waals surface area contributed by atoms with Crippen molar-refractivity contribution in [1.29, 1.82) is 0 Å². The molecule has 0 aliphatic heterocycles. The maximum atomic E-state index is 11.8. The van der Waals surface area contributed by atoms with Crippen LogP contribution in [-0.4, -0.2) is 18.5 Å². The molecular weight excluding hydrogens is 224 g/mol.